The molecule has 2 aromatic rings. The first kappa shape index (κ1) is 14.9. The van der Waals surface area contributed by atoms with Crippen molar-refractivity contribution >= 4 is 17.5 Å². The summed E-state index contributed by atoms with van der Waals surface area (Å²) in [7, 11) is 1.84. The van der Waals surface area contributed by atoms with Crippen LogP contribution >= 0.6 is 11.6 Å². The van der Waals surface area contributed by atoms with E-state index in [1.807, 2.05) is 43.4 Å². The van der Waals surface area contributed by atoms with Gasteiger partial charge in [-0.15, -0.1) is 0 Å². The quantitative estimate of drug-likeness (QED) is 0.860. The van der Waals surface area contributed by atoms with Gasteiger partial charge in [-0.05, 0) is 23.8 Å². The van der Waals surface area contributed by atoms with Crippen molar-refractivity contribution in [3.8, 4) is 5.75 Å². The molecule has 1 heterocycles. The van der Waals surface area contributed by atoms with Crippen molar-refractivity contribution in [2.45, 2.75) is 18.4 Å². The Balaban J connectivity index is 1.76. The summed E-state index contributed by atoms with van der Waals surface area (Å²) in [5, 5.41) is 0.646. The van der Waals surface area contributed by atoms with E-state index in [0.29, 0.717) is 18.1 Å². The lowest BCUT2D eigenvalue weighted by molar-refractivity contribution is -0.127. The molecule has 1 aliphatic heterocycles. The van der Waals surface area contributed by atoms with E-state index >= 15 is 0 Å². The van der Waals surface area contributed by atoms with E-state index in [4.69, 9.17) is 16.3 Å². The smallest absolute Gasteiger partial charge is 0.223 e. The molecule has 0 bridgehead atoms. The molecule has 3 rings (SSSR count). The Morgan fingerprint density at radius 2 is 1.95 bits per heavy atom. The topological polar surface area (TPSA) is 29.5 Å². The average molecular weight is 316 g/mol. The summed E-state index contributed by atoms with van der Waals surface area (Å²) in [4.78, 5) is 13.9. The zero-order valence-corrected chi connectivity index (χ0v) is 13.2. The summed E-state index contributed by atoms with van der Waals surface area (Å²) < 4.78 is 5.86. The van der Waals surface area contributed by atoms with E-state index in [1.54, 1.807) is 11.0 Å². The molecule has 1 aliphatic rings. The van der Waals surface area contributed by atoms with Gasteiger partial charge in [0, 0.05) is 24.4 Å². The van der Waals surface area contributed by atoms with Crippen LogP contribution in [0.2, 0.25) is 5.02 Å². The van der Waals surface area contributed by atoms with Crippen LogP contribution in [0.4, 0.5) is 0 Å². The first-order valence-electron chi connectivity index (χ1n) is 7.34. The minimum atomic E-state index is 0.0360. The van der Waals surface area contributed by atoms with Crippen molar-refractivity contribution in [3.05, 3.63) is 65.2 Å². The maximum atomic E-state index is 12.1. The molecular formula is C18H18ClNO2. The Kier molecular flexibility index (Phi) is 4.34. The summed E-state index contributed by atoms with van der Waals surface area (Å²) >= 11 is 5.97. The molecule has 1 saturated heterocycles. The van der Waals surface area contributed by atoms with Crippen molar-refractivity contribution in [2.75, 3.05) is 13.7 Å². The molecule has 0 saturated carbocycles. The largest absolute Gasteiger partial charge is 0.491 e. The second-order valence-corrected chi connectivity index (χ2v) is 6.00. The predicted molar refractivity (Wildman–Crippen MR) is 87.3 cm³/mol. The standard InChI is InChI=1S/C18H18ClNO2/c1-20-17(12-22-15-9-5-8-14(19)10-15)16(11-18(20)21)13-6-3-2-4-7-13/h2-10,16-17H,11-12H2,1H3/t16-,17+/m1/s1. The Bertz CT molecular complexity index is 659. The van der Waals surface area contributed by atoms with E-state index in [0.717, 1.165) is 5.75 Å². The van der Waals surface area contributed by atoms with Crippen LogP contribution in [0.5, 0.6) is 5.75 Å². The van der Waals surface area contributed by atoms with Crippen molar-refractivity contribution in [1.29, 1.82) is 0 Å². The summed E-state index contributed by atoms with van der Waals surface area (Å²) in [6.07, 6.45) is 0.532. The molecule has 114 valence electrons. The Morgan fingerprint density at radius 3 is 2.68 bits per heavy atom. The lowest BCUT2D eigenvalue weighted by Crippen LogP contribution is -2.36. The molecule has 0 aromatic heterocycles. The normalized spacial score (nSPS) is 21.2. The number of hydrogen-bond acceptors (Lipinski definition) is 2. The van der Waals surface area contributed by atoms with Gasteiger partial charge < -0.3 is 9.64 Å². The van der Waals surface area contributed by atoms with Crippen molar-refractivity contribution in [1.82, 2.24) is 4.90 Å². The highest BCUT2D eigenvalue weighted by Crippen LogP contribution is 2.33. The molecule has 22 heavy (non-hydrogen) atoms. The van der Waals surface area contributed by atoms with Gasteiger partial charge in [-0.3, -0.25) is 4.79 Å². The molecule has 1 fully saturated rings. The van der Waals surface area contributed by atoms with Crippen LogP contribution in [0.1, 0.15) is 17.9 Å². The molecular weight excluding hydrogens is 298 g/mol. The summed E-state index contributed by atoms with van der Waals surface area (Å²) in [6, 6.07) is 17.5. The minimum Gasteiger partial charge on any atom is -0.491 e. The first-order valence-corrected chi connectivity index (χ1v) is 7.72. The number of likely N-dealkylation sites (N-methyl/N-ethyl adjacent to an activating group) is 1. The van der Waals surface area contributed by atoms with Crippen LogP contribution in [0.3, 0.4) is 0 Å². The van der Waals surface area contributed by atoms with Gasteiger partial charge >= 0.3 is 0 Å². The molecule has 3 nitrogen and oxygen atoms in total. The fourth-order valence-electron chi connectivity index (χ4n) is 2.93. The Hall–Kier alpha value is -2.00. The number of carbonyl (C=O) groups excluding carboxylic acids is 1. The third-order valence-electron chi connectivity index (χ3n) is 4.19. The molecule has 4 heteroatoms. The number of nitrogens with zero attached hydrogens (tertiary/aromatic N) is 1. The highest BCUT2D eigenvalue weighted by Gasteiger charge is 2.38. The van der Waals surface area contributed by atoms with E-state index < -0.39 is 0 Å². The van der Waals surface area contributed by atoms with Gasteiger partial charge in [0.15, 0.2) is 0 Å². The molecule has 0 aliphatic carbocycles. The molecule has 0 radical (unpaired) electrons. The van der Waals surface area contributed by atoms with Gasteiger partial charge in [0.25, 0.3) is 0 Å². The second-order valence-electron chi connectivity index (χ2n) is 5.56. The maximum Gasteiger partial charge on any atom is 0.223 e. The Labute approximate surface area is 135 Å². The van der Waals surface area contributed by atoms with Crippen molar-refractivity contribution < 1.29 is 9.53 Å². The van der Waals surface area contributed by atoms with Crippen molar-refractivity contribution in [2.24, 2.45) is 0 Å². The van der Waals surface area contributed by atoms with E-state index in [-0.39, 0.29) is 17.9 Å². The summed E-state index contributed by atoms with van der Waals surface area (Å²) in [5.74, 6) is 1.05. The van der Waals surface area contributed by atoms with Crippen LogP contribution in [0, 0.1) is 0 Å². The molecule has 0 spiro atoms. The fraction of sp³-hybridized carbons (Fsp3) is 0.278. The van der Waals surface area contributed by atoms with Crippen molar-refractivity contribution in [3.63, 3.8) is 0 Å². The molecule has 2 atom stereocenters. The predicted octanol–water partition coefficient (Wildman–Crippen LogP) is 3.73. The molecule has 0 unspecified atom stereocenters. The molecule has 2 aromatic carbocycles. The van der Waals surface area contributed by atoms with E-state index in [2.05, 4.69) is 12.1 Å². The van der Waals surface area contributed by atoms with Crippen LogP contribution in [0.15, 0.2) is 54.6 Å². The number of ether oxygens (including phenoxy) is 1. The number of halogens is 1. The van der Waals surface area contributed by atoms with Gasteiger partial charge in [0.05, 0.1) is 6.04 Å². The first-order chi connectivity index (χ1) is 10.6. The number of rotatable bonds is 4. The third-order valence-corrected chi connectivity index (χ3v) is 4.43. The number of hydrogen-bond donors (Lipinski definition) is 0. The van der Waals surface area contributed by atoms with E-state index in [9.17, 15) is 4.79 Å². The number of benzene rings is 2. The van der Waals surface area contributed by atoms with Gasteiger partial charge in [-0.1, -0.05) is 48.0 Å². The lowest BCUT2D eigenvalue weighted by Gasteiger charge is -2.25. The van der Waals surface area contributed by atoms with Gasteiger partial charge in [-0.2, -0.15) is 0 Å². The number of amides is 1. The minimum absolute atomic E-state index is 0.0360. The molecule has 0 N–H and O–H groups in total. The second kappa shape index (κ2) is 6.41. The highest BCUT2D eigenvalue weighted by molar-refractivity contribution is 6.30. The van der Waals surface area contributed by atoms with E-state index in [1.165, 1.54) is 5.56 Å². The fourth-order valence-corrected chi connectivity index (χ4v) is 3.11. The van der Waals surface area contributed by atoms with Crippen LogP contribution in [-0.2, 0) is 4.79 Å². The SMILES string of the molecule is CN1C(=O)C[C@H](c2ccccc2)[C@@H]1COc1cccc(Cl)c1. The zero-order chi connectivity index (χ0) is 15.5. The molecule has 1 amide bonds. The number of carbonyl (C=O) groups is 1. The Morgan fingerprint density at radius 1 is 1.18 bits per heavy atom. The summed E-state index contributed by atoms with van der Waals surface area (Å²) in [5.41, 5.74) is 1.18. The third kappa shape index (κ3) is 3.09. The van der Waals surface area contributed by atoms with Crippen LogP contribution < -0.4 is 4.74 Å². The highest BCUT2D eigenvalue weighted by atomic mass is 35.5. The number of likely N-dealkylation sites (tertiary alicyclic amines) is 1. The van der Waals surface area contributed by atoms with Gasteiger partial charge in [0.1, 0.15) is 12.4 Å². The van der Waals surface area contributed by atoms with Gasteiger partial charge in [-0.25, -0.2) is 0 Å². The van der Waals surface area contributed by atoms with Crippen LogP contribution in [-0.4, -0.2) is 30.5 Å². The zero-order valence-electron chi connectivity index (χ0n) is 12.4. The lowest BCUT2D eigenvalue weighted by atomic mass is 9.92. The monoisotopic (exact) mass is 315 g/mol. The average Bonchev–Trinajstić information content (AvgIpc) is 2.82. The maximum absolute atomic E-state index is 12.1. The van der Waals surface area contributed by atoms with Crippen LogP contribution in [0.25, 0.3) is 0 Å². The summed E-state index contributed by atoms with van der Waals surface area (Å²) in [6.45, 7) is 0.460. The van der Waals surface area contributed by atoms with Gasteiger partial charge in [0.2, 0.25) is 5.91 Å².